The van der Waals surface area contributed by atoms with Crippen molar-refractivity contribution in [1.29, 1.82) is 0 Å². The Morgan fingerprint density at radius 1 is 1.10 bits per heavy atom. The molecule has 0 bridgehead atoms. The van der Waals surface area contributed by atoms with E-state index >= 15 is 0 Å². The van der Waals surface area contributed by atoms with Crippen molar-refractivity contribution < 1.29 is 14.3 Å². The number of hydrogen-bond acceptors (Lipinski definition) is 4. The van der Waals surface area contributed by atoms with Gasteiger partial charge in [0.15, 0.2) is 0 Å². The van der Waals surface area contributed by atoms with Crippen LogP contribution in [-0.4, -0.2) is 37.6 Å². The molecular weight excluding hydrogens is 390 g/mol. The molecular formula is C22H28ClN3O3. The van der Waals surface area contributed by atoms with Gasteiger partial charge in [-0.15, -0.1) is 12.4 Å². The summed E-state index contributed by atoms with van der Waals surface area (Å²) in [7, 11) is 1.58. The molecule has 7 heteroatoms. The zero-order chi connectivity index (χ0) is 19.9. The quantitative estimate of drug-likeness (QED) is 0.675. The molecule has 3 unspecified atom stereocenters. The fourth-order valence-corrected chi connectivity index (χ4v) is 3.45. The summed E-state index contributed by atoms with van der Waals surface area (Å²) in [6.45, 7) is 2.98. The average Bonchev–Trinajstić information content (AvgIpc) is 2.72. The molecule has 6 nitrogen and oxygen atoms in total. The fourth-order valence-electron chi connectivity index (χ4n) is 3.45. The van der Waals surface area contributed by atoms with Gasteiger partial charge in [0, 0.05) is 17.6 Å². The molecule has 0 spiro atoms. The van der Waals surface area contributed by atoms with Gasteiger partial charge in [-0.2, -0.15) is 0 Å². The van der Waals surface area contributed by atoms with Crippen molar-refractivity contribution in [2.75, 3.05) is 13.7 Å². The van der Waals surface area contributed by atoms with Gasteiger partial charge in [-0.25, -0.2) is 0 Å². The number of rotatable bonds is 6. The SMILES string of the molecule is COc1ccc(C(=O)NC(C(=O)NC2CCNC(C)C2)c2ccccc2)cc1.Cl. The average molecular weight is 418 g/mol. The van der Waals surface area contributed by atoms with Gasteiger partial charge in [-0.1, -0.05) is 30.3 Å². The highest BCUT2D eigenvalue weighted by atomic mass is 35.5. The minimum Gasteiger partial charge on any atom is -0.497 e. The van der Waals surface area contributed by atoms with Crippen LogP contribution in [-0.2, 0) is 4.79 Å². The van der Waals surface area contributed by atoms with Crippen molar-refractivity contribution in [2.24, 2.45) is 0 Å². The Labute approximate surface area is 177 Å². The number of amides is 2. The van der Waals surface area contributed by atoms with Crippen LogP contribution in [0.5, 0.6) is 5.75 Å². The van der Waals surface area contributed by atoms with Crippen molar-refractivity contribution in [3.05, 3.63) is 65.7 Å². The van der Waals surface area contributed by atoms with Crippen molar-refractivity contribution >= 4 is 24.2 Å². The molecule has 29 heavy (non-hydrogen) atoms. The van der Waals surface area contributed by atoms with Crippen molar-refractivity contribution in [2.45, 2.75) is 37.9 Å². The Kier molecular flexibility index (Phi) is 8.49. The van der Waals surface area contributed by atoms with E-state index in [-0.39, 0.29) is 30.3 Å². The molecule has 2 aromatic rings. The molecule has 2 aromatic carbocycles. The maximum Gasteiger partial charge on any atom is 0.252 e. The Morgan fingerprint density at radius 2 is 1.79 bits per heavy atom. The van der Waals surface area contributed by atoms with Crippen LogP contribution in [0.25, 0.3) is 0 Å². The Bertz CT molecular complexity index is 799. The second-order valence-electron chi connectivity index (χ2n) is 7.13. The molecule has 0 aromatic heterocycles. The number of hydrogen-bond donors (Lipinski definition) is 3. The van der Waals surface area contributed by atoms with E-state index in [4.69, 9.17) is 4.74 Å². The molecule has 3 N–H and O–H groups in total. The van der Waals surface area contributed by atoms with Gasteiger partial charge in [-0.05, 0) is 56.1 Å². The number of nitrogens with one attached hydrogen (secondary N) is 3. The third-order valence-electron chi connectivity index (χ3n) is 4.99. The van der Waals surface area contributed by atoms with E-state index in [2.05, 4.69) is 22.9 Å². The van der Waals surface area contributed by atoms with E-state index in [1.165, 1.54) is 0 Å². The monoisotopic (exact) mass is 417 g/mol. The van der Waals surface area contributed by atoms with E-state index in [9.17, 15) is 9.59 Å². The van der Waals surface area contributed by atoms with Crippen LogP contribution >= 0.6 is 12.4 Å². The van der Waals surface area contributed by atoms with Gasteiger partial charge in [0.05, 0.1) is 7.11 Å². The Balaban J connectivity index is 0.00000300. The summed E-state index contributed by atoms with van der Waals surface area (Å²) in [5, 5.41) is 9.37. The first-order valence-electron chi connectivity index (χ1n) is 9.60. The van der Waals surface area contributed by atoms with Crippen LogP contribution in [0.4, 0.5) is 0 Å². The van der Waals surface area contributed by atoms with Gasteiger partial charge in [0.1, 0.15) is 11.8 Å². The van der Waals surface area contributed by atoms with Gasteiger partial charge in [0.25, 0.3) is 5.91 Å². The van der Waals surface area contributed by atoms with Crippen LogP contribution in [0.15, 0.2) is 54.6 Å². The molecule has 1 fully saturated rings. The highest BCUT2D eigenvalue weighted by Gasteiger charge is 2.27. The maximum atomic E-state index is 13.0. The Hall–Kier alpha value is -2.57. The summed E-state index contributed by atoms with van der Waals surface area (Å²) in [5.41, 5.74) is 1.23. The van der Waals surface area contributed by atoms with Gasteiger partial charge < -0.3 is 20.7 Å². The summed E-state index contributed by atoms with van der Waals surface area (Å²) in [5.74, 6) is 0.187. The lowest BCUT2D eigenvalue weighted by Crippen LogP contribution is -2.50. The number of carbonyl (C=O) groups is 2. The van der Waals surface area contributed by atoms with Crippen LogP contribution in [0.3, 0.4) is 0 Å². The zero-order valence-electron chi connectivity index (χ0n) is 16.7. The summed E-state index contributed by atoms with van der Waals surface area (Å²) in [4.78, 5) is 25.8. The largest absolute Gasteiger partial charge is 0.497 e. The van der Waals surface area contributed by atoms with Crippen molar-refractivity contribution in [3.8, 4) is 5.75 Å². The number of halogens is 1. The minimum absolute atomic E-state index is 0. The first-order chi connectivity index (χ1) is 13.6. The second-order valence-corrected chi connectivity index (χ2v) is 7.13. The number of piperidine rings is 1. The fraction of sp³-hybridized carbons (Fsp3) is 0.364. The maximum absolute atomic E-state index is 13.0. The lowest BCUT2D eigenvalue weighted by molar-refractivity contribution is -0.124. The van der Waals surface area contributed by atoms with E-state index in [1.807, 2.05) is 30.3 Å². The first kappa shape index (κ1) is 22.7. The van der Waals surface area contributed by atoms with Crippen LogP contribution < -0.4 is 20.7 Å². The standard InChI is InChI=1S/C22H27N3O3.ClH/c1-15-14-18(12-13-23-15)24-22(27)20(16-6-4-3-5-7-16)25-21(26)17-8-10-19(28-2)11-9-17;/h3-11,15,18,20,23H,12-14H2,1-2H3,(H,24,27)(H,25,26);1H. The predicted molar refractivity (Wildman–Crippen MR) is 116 cm³/mol. The predicted octanol–water partition coefficient (Wildman–Crippen LogP) is 2.84. The molecule has 0 aliphatic carbocycles. The highest BCUT2D eigenvalue weighted by Crippen LogP contribution is 2.17. The lowest BCUT2D eigenvalue weighted by Gasteiger charge is -2.30. The molecule has 1 heterocycles. The molecule has 3 atom stereocenters. The van der Waals surface area contributed by atoms with E-state index in [0.717, 1.165) is 24.9 Å². The normalized spacial score (nSPS) is 19.4. The second kappa shape index (κ2) is 10.8. The number of benzene rings is 2. The molecule has 1 aliphatic heterocycles. The number of ether oxygens (including phenoxy) is 1. The highest BCUT2D eigenvalue weighted by molar-refractivity contribution is 5.98. The lowest BCUT2D eigenvalue weighted by atomic mass is 9.99. The van der Waals surface area contributed by atoms with Gasteiger partial charge in [0.2, 0.25) is 5.91 Å². The van der Waals surface area contributed by atoms with Crippen LogP contribution in [0, 0.1) is 0 Å². The van der Waals surface area contributed by atoms with E-state index in [0.29, 0.717) is 17.4 Å². The number of carbonyl (C=O) groups excluding carboxylic acids is 2. The molecule has 2 amide bonds. The molecule has 0 radical (unpaired) electrons. The van der Waals surface area contributed by atoms with E-state index in [1.54, 1.807) is 31.4 Å². The molecule has 156 valence electrons. The zero-order valence-corrected chi connectivity index (χ0v) is 17.5. The third-order valence-corrected chi connectivity index (χ3v) is 4.99. The summed E-state index contributed by atoms with van der Waals surface area (Å²) < 4.78 is 5.13. The molecule has 1 aliphatic rings. The van der Waals surface area contributed by atoms with Crippen molar-refractivity contribution in [3.63, 3.8) is 0 Å². The smallest absolute Gasteiger partial charge is 0.252 e. The van der Waals surface area contributed by atoms with E-state index < -0.39 is 6.04 Å². The van der Waals surface area contributed by atoms with Crippen molar-refractivity contribution in [1.82, 2.24) is 16.0 Å². The van der Waals surface area contributed by atoms with Crippen LogP contribution in [0.2, 0.25) is 0 Å². The first-order valence-corrected chi connectivity index (χ1v) is 9.60. The Morgan fingerprint density at radius 3 is 2.41 bits per heavy atom. The van der Waals surface area contributed by atoms with Crippen LogP contribution in [0.1, 0.15) is 41.7 Å². The summed E-state index contributed by atoms with van der Waals surface area (Å²) >= 11 is 0. The summed E-state index contributed by atoms with van der Waals surface area (Å²) in [6.07, 6.45) is 1.75. The molecule has 3 rings (SSSR count). The molecule has 0 saturated carbocycles. The third kappa shape index (κ3) is 6.21. The topological polar surface area (TPSA) is 79.5 Å². The number of methoxy groups -OCH3 is 1. The van der Waals surface area contributed by atoms with Gasteiger partial charge >= 0.3 is 0 Å². The minimum atomic E-state index is -0.749. The molecule has 1 saturated heterocycles. The summed E-state index contributed by atoms with van der Waals surface area (Å²) in [6, 6.07) is 15.9. The van der Waals surface area contributed by atoms with Gasteiger partial charge in [-0.3, -0.25) is 9.59 Å².